The molecule has 0 amide bonds. The Kier molecular flexibility index (Phi) is 4.73. The molecule has 0 fully saturated rings. The van der Waals surface area contributed by atoms with Crippen LogP contribution < -0.4 is 4.90 Å². The number of aldehydes is 1. The van der Waals surface area contributed by atoms with Crippen molar-refractivity contribution in [1.82, 2.24) is 0 Å². The summed E-state index contributed by atoms with van der Waals surface area (Å²) in [5.74, 6) is 0. The molecule has 0 bridgehead atoms. The number of hydrogen-bond acceptors (Lipinski definition) is 3. The van der Waals surface area contributed by atoms with Crippen LogP contribution in [0.15, 0.2) is 48.5 Å². The Hall–Kier alpha value is -2.60. The van der Waals surface area contributed by atoms with E-state index < -0.39 is 0 Å². The Morgan fingerprint density at radius 2 is 1.90 bits per heavy atom. The predicted molar refractivity (Wildman–Crippen MR) is 84.3 cm³/mol. The number of carbonyl (C=O) groups is 1. The van der Waals surface area contributed by atoms with Crippen LogP contribution in [0.3, 0.4) is 0 Å². The van der Waals surface area contributed by atoms with Gasteiger partial charge in [0.2, 0.25) is 0 Å². The van der Waals surface area contributed by atoms with Crippen LogP contribution in [-0.2, 0) is 6.54 Å². The topological polar surface area (TPSA) is 44.1 Å². The molecule has 0 heterocycles. The number of nitriles is 1. The molecule has 0 unspecified atom stereocenters. The molecule has 3 heteroatoms. The standard InChI is InChI=1S/C18H18N2O/c1-14(2)20(12-15-6-4-3-5-7-15)18-9-8-16(13-21)10-17(18)11-19/h3-10,13-14H,12H2,1-2H3. The van der Waals surface area contributed by atoms with Gasteiger partial charge in [-0.15, -0.1) is 0 Å². The van der Waals surface area contributed by atoms with E-state index in [-0.39, 0.29) is 6.04 Å². The van der Waals surface area contributed by atoms with Gasteiger partial charge in [0, 0.05) is 18.2 Å². The molecule has 2 aromatic carbocycles. The molecule has 0 N–H and O–H groups in total. The lowest BCUT2D eigenvalue weighted by molar-refractivity contribution is 0.112. The van der Waals surface area contributed by atoms with Crippen LogP contribution >= 0.6 is 0 Å². The second-order valence-corrected chi connectivity index (χ2v) is 5.21. The van der Waals surface area contributed by atoms with Gasteiger partial charge in [-0.1, -0.05) is 30.3 Å². The van der Waals surface area contributed by atoms with Crippen molar-refractivity contribution in [2.45, 2.75) is 26.4 Å². The average Bonchev–Trinajstić information content (AvgIpc) is 2.52. The maximum absolute atomic E-state index is 10.9. The third kappa shape index (κ3) is 3.49. The number of nitrogens with zero attached hydrogens (tertiary/aromatic N) is 2. The van der Waals surface area contributed by atoms with Gasteiger partial charge in [-0.05, 0) is 37.6 Å². The summed E-state index contributed by atoms with van der Waals surface area (Å²) >= 11 is 0. The van der Waals surface area contributed by atoms with E-state index in [1.165, 1.54) is 5.56 Å². The third-order valence-electron chi connectivity index (χ3n) is 3.41. The molecule has 0 aliphatic rings. The first-order valence-electron chi connectivity index (χ1n) is 6.95. The Morgan fingerprint density at radius 1 is 1.19 bits per heavy atom. The van der Waals surface area contributed by atoms with Crippen LogP contribution in [0.1, 0.15) is 35.3 Å². The van der Waals surface area contributed by atoms with Gasteiger partial charge in [-0.25, -0.2) is 0 Å². The van der Waals surface area contributed by atoms with Crippen LogP contribution in [0.2, 0.25) is 0 Å². The Labute approximate surface area is 125 Å². The summed E-state index contributed by atoms with van der Waals surface area (Å²) in [6, 6.07) is 17.8. The minimum atomic E-state index is 0.249. The van der Waals surface area contributed by atoms with Gasteiger partial charge >= 0.3 is 0 Å². The highest BCUT2D eigenvalue weighted by Gasteiger charge is 2.15. The van der Waals surface area contributed by atoms with E-state index in [1.807, 2.05) is 24.3 Å². The fourth-order valence-electron chi connectivity index (χ4n) is 2.29. The predicted octanol–water partition coefficient (Wildman–Crippen LogP) is 3.79. The zero-order valence-electron chi connectivity index (χ0n) is 12.3. The van der Waals surface area contributed by atoms with Gasteiger partial charge in [-0.3, -0.25) is 4.79 Å². The smallest absolute Gasteiger partial charge is 0.150 e. The van der Waals surface area contributed by atoms with Crippen molar-refractivity contribution in [3.05, 3.63) is 65.2 Å². The highest BCUT2D eigenvalue weighted by atomic mass is 16.1. The molecule has 0 saturated heterocycles. The summed E-state index contributed by atoms with van der Waals surface area (Å²) in [5.41, 5.74) is 3.11. The molecule has 0 aliphatic carbocycles. The van der Waals surface area contributed by atoms with Crippen molar-refractivity contribution in [3.8, 4) is 6.07 Å². The monoisotopic (exact) mass is 278 g/mol. The maximum atomic E-state index is 10.9. The molecule has 0 aromatic heterocycles. The zero-order valence-corrected chi connectivity index (χ0v) is 12.3. The average molecular weight is 278 g/mol. The molecular weight excluding hydrogens is 260 g/mol. The molecule has 0 spiro atoms. The number of carbonyl (C=O) groups excluding carboxylic acids is 1. The Morgan fingerprint density at radius 3 is 2.48 bits per heavy atom. The van der Waals surface area contributed by atoms with Crippen molar-refractivity contribution in [2.75, 3.05) is 4.90 Å². The number of benzene rings is 2. The lowest BCUT2D eigenvalue weighted by Gasteiger charge is -2.30. The van der Waals surface area contributed by atoms with E-state index in [0.717, 1.165) is 18.5 Å². The molecule has 3 nitrogen and oxygen atoms in total. The summed E-state index contributed by atoms with van der Waals surface area (Å²) in [7, 11) is 0. The lowest BCUT2D eigenvalue weighted by Crippen LogP contribution is -2.30. The number of rotatable bonds is 5. The van der Waals surface area contributed by atoms with Crippen molar-refractivity contribution in [2.24, 2.45) is 0 Å². The second kappa shape index (κ2) is 6.71. The van der Waals surface area contributed by atoms with Crippen LogP contribution in [0.25, 0.3) is 0 Å². The van der Waals surface area contributed by atoms with Gasteiger partial charge < -0.3 is 4.90 Å². The van der Waals surface area contributed by atoms with Gasteiger partial charge in [0.15, 0.2) is 0 Å². The minimum absolute atomic E-state index is 0.249. The quantitative estimate of drug-likeness (QED) is 0.782. The van der Waals surface area contributed by atoms with Crippen LogP contribution in [0.4, 0.5) is 5.69 Å². The van der Waals surface area contributed by atoms with Crippen molar-refractivity contribution in [3.63, 3.8) is 0 Å². The van der Waals surface area contributed by atoms with Gasteiger partial charge in [0.25, 0.3) is 0 Å². The van der Waals surface area contributed by atoms with Gasteiger partial charge in [0.05, 0.1) is 11.3 Å². The van der Waals surface area contributed by atoms with Gasteiger partial charge in [-0.2, -0.15) is 5.26 Å². The largest absolute Gasteiger partial charge is 0.364 e. The molecule has 0 atom stereocenters. The van der Waals surface area contributed by atoms with Crippen LogP contribution in [-0.4, -0.2) is 12.3 Å². The Bertz CT molecular complexity index is 657. The maximum Gasteiger partial charge on any atom is 0.150 e. The molecule has 0 aliphatic heterocycles. The van der Waals surface area contributed by atoms with E-state index in [0.29, 0.717) is 11.1 Å². The minimum Gasteiger partial charge on any atom is -0.364 e. The van der Waals surface area contributed by atoms with E-state index in [2.05, 4.69) is 36.9 Å². The third-order valence-corrected chi connectivity index (χ3v) is 3.41. The van der Waals surface area contributed by atoms with Crippen LogP contribution in [0.5, 0.6) is 0 Å². The fourth-order valence-corrected chi connectivity index (χ4v) is 2.29. The molecule has 0 radical (unpaired) electrons. The molecule has 21 heavy (non-hydrogen) atoms. The van der Waals surface area contributed by atoms with Crippen molar-refractivity contribution in [1.29, 1.82) is 5.26 Å². The van der Waals surface area contributed by atoms with Crippen molar-refractivity contribution >= 4 is 12.0 Å². The normalized spacial score (nSPS) is 10.2. The molecular formula is C18H18N2O. The van der Waals surface area contributed by atoms with E-state index in [9.17, 15) is 10.1 Å². The SMILES string of the molecule is CC(C)N(Cc1ccccc1)c1ccc(C=O)cc1C#N. The van der Waals surface area contributed by atoms with Gasteiger partial charge in [0.1, 0.15) is 12.4 Å². The van der Waals surface area contributed by atoms with Crippen molar-refractivity contribution < 1.29 is 4.79 Å². The summed E-state index contributed by atoms with van der Waals surface area (Å²) in [6.07, 6.45) is 0.765. The second-order valence-electron chi connectivity index (χ2n) is 5.21. The van der Waals surface area contributed by atoms with E-state index >= 15 is 0 Å². The number of anilines is 1. The molecule has 2 rings (SSSR count). The van der Waals surface area contributed by atoms with E-state index in [4.69, 9.17) is 0 Å². The van der Waals surface area contributed by atoms with E-state index in [1.54, 1.807) is 12.1 Å². The molecule has 2 aromatic rings. The first-order valence-corrected chi connectivity index (χ1v) is 6.95. The summed E-state index contributed by atoms with van der Waals surface area (Å²) in [4.78, 5) is 13.0. The molecule has 0 saturated carbocycles. The zero-order chi connectivity index (χ0) is 15.2. The lowest BCUT2D eigenvalue weighted by atomic mass is 10.1. The highest BCUT2D eigenvalue weighted by molar-refractivity contribution is 5.78. The fraction of sp³-hybridized carbons (Fsp3) is 0.222. The van der Waals surface area contributed by atoms with Crippen LogP contribution in [0, 0.1) is 11.3 Å². The summed E-state index contributed by atoms with van der Waals surface area (Å²) in [5, 5.41) is 9.34. The first-order chi connectivity index (χ1) is 10.2. The highest BCUT2D eigenvalue weighted by Crippen LogP contribution is 2.25. The molecule has 106 valence electrons. The Balaban J connectivity index is 2.39. The first kappa shape index (κ1) is 14.8. The summed E-state index contributed by atoms with van der Waals surface area (Å²) < 4.78 is 0. The number of hydrogen-bond donors (Lipinski definition) is 0. The summed E-state index contributed by atoms with van der Waals surface area (Å²) in [6.45, 7) is 4.92.